The second-order valence-electron chi connectivity index (χ2n) is 10.4. The molecule has 0 amide bonds. The van der Waals surface area contributed by atoms with Crippen molar-refractivity contribution in [1.82, 2.24) is 0 Å². The van der Waals surface area contributed by atoms with E-state index in [9.17, 15) is 10.2 Å². The number of hydrogen-bond donors (Lipinski definition) is 0. The van der Waals surface area contributed by atoms with Crippen LogP contribution in [-0.4, -0.2) is 37.7 Å². The van der Waals surface area contributed by atoms with Crippen molar-refractivity contribution in [3.63, 3.8) is 0 Å². The molecule has 4 aliphatic rings. The molecule has 4 rings (SSSR count). The summed E-state index contributed by atoms with van der Waals surface area (Å²) in [7, 11) is 0. The van der Waals surface area contributed by atoms with Gasteiger partial charge in [0.05, 0.1) is 13.1 Å². The van der Waals surface area contributed by atoms with Gasteiger partial charge < -0.3 is 10.2 Å². The molecule has 0 aliphatic heterocycles. The van der Waals surface area contributed by atoms with Crippen LogP contribution in [0.25, 0.3) is 0 Å². The van der Waals surface area contributed by atoms with Gasteiger partial charge in [0.15, 0.2) is 0 Å². The predicted molar refractivity (Wildman–Crippen MR) is 101 cm³/mol. The van der Waals surface area contributed by atoms with Gasteiger partial charge in [-0.05, 0) is 59.2 Å². The van der Waals surface area contributed by atoms with Gasteiger partial charge in [-0.3, -0.25) is 9.98 Å². The zero-order chi connectivity index (χ0) is 18.7. The van der Waals surface area contributed by atoms with Crippen LogP contribution in [-0.2, 0) is 16.5 Å². The largest absolute Gasteiger partial charge is 2.00 e. The molecule has 4 aliphatic carbocycles. The van der Waals surface area contributed by atoms with Gasteiger partial charge in [-0.25, -0.2) is 0 Å². The summed E-state index contributed by atoms with van der Waals surface area (Å²) in [5, 5.41) is 25.1. The van der Waals surface area contributed by atoms with Crippen molar-refractivity contribution in [2.24, 2.45) is 56.3 Å². The molecular formula is C22H34N2NiO2. The van der Waals surface area contributed by atoms with Gasteiger partial charge in [-0.2, -0.15) is 0 Å². The third kappa shape index (κ3) is 3.26. The predicted octanol–water partition coefficient (Wildman–Crippen LogP) is 1.95. The number of hydrogen-bond acceptors (Lipinski definition) is 4. The summed E-state index contributed by atoms with van der Waals surface area (Å²) < 4.78 is 0. The second kappa shape index (κ2) is 7.54. The van der Waals surface area contributed by atoms with E-state index in [1.165, 1.54) is 12.8 Å². The molecule has 0 radical (unpaired) electrons. The molecule has 154 valence electrons. The zero-order valence-corrected chi connectivity index (χ0v) is 18.0. The van der Waals surface area contributed by atoms with Gasteiger partial charge in [-0.1, -0.05) is 40.5 Å². The van der Waals surface area contributed by atoms with E-state index in [1.807, 2.05) is 12.4 Å². The molecule has 0 spiro atoms. The normalized spacial score (nSPS) is 46.6. The Balaban J connectivity index is 0.00000210. The molecule has 8 unspecified atom stereocenters. The first-order valence-electron chi connectivity index (χ1n) is 10.6. The Hall–Kier alpha value is -0.246. The molecule has 4 fully saturated rings. The fraction of sp³-hybridized carbons (Fsp3) is 0.909. The summed E-state index contributed by atoms with van der Waals surface area (Å²) in [6, 6.07) is 0. The number of aliphatic imine (C=N–C) groups is 2. The molecule has 0 saturated heterocycles. The number of rotatable bonds is 5. The van der Waals surface area contributed by atoms with Gasteiger partial charge in [0.2, 0.25) is 0 Å². The van der Waals surface area contributed by atoms with Crippen molar-refractivity contribution in [3.05, 3.63) is 0 Å². The van der Waals surface area contributed by atoms with Crippen LogP contribution in [0.5, 0.6) is 0 Å². The van der Waals surface area contributed by atoms with Crippen LogP contribution >= 0.6 is 0 Å². The Labute approximate surface area is 174 Å². The van der Waals surface area contributed by atoms with Gasteiger partial charge in [0, 0.05) is 12.4 Å². The van der Waals surface area contributed by atoms with E-state index >= 15 is 0 Å². The summed E-state index contributed by atoms with van der Waals surface area (Å²) in [5.41, 5.74) is 0.359. The average molecular weight is 417 g/mol. The van der Waals surface area contributed by atoms with Crippen LogP contribution in [0.4, 0.5) is 0 Å². The van der Waals surface area contributed by atoms with E-state index in [-0.39, 0.29) is 39.2 Å². The van der Waals surface area contributed by atoms with Crippen LogP contribution in [0.15, 0.2) is 9.98 Å². The first-order valence-corrected chi connectivity index (χ1v) is 10.6. The van der Waals surface area contributed by atoms with Gasteiger partial charge in [-0.15, -0.1) is 12.2 Å². The van der Waals surface area contributed by atoms with Crippen molar-refractivity contribution >= 4 is 12.4 Å². The third-order valence-corrected chi connectivity index (χ3v) is 8.79. The quantitative estimate of drug-likeness (QED) is 0.390. The van der Waals surface area contributed by atoms with Crippen molar-refractivity contribution < 1.29 is 26.7 Å². The standard InChI is InChI=1S/C22H34N2O2.Ni/c1-21(2)15-5-7-17(21)19(25)13(15)11-23-9-10-24-12-14-16-6-8-18(20(14)26)22(16,3)4;/h11-20H,5-10H2,1-4H3;/q-2;+2. The maximum Gasteiger partial charge on any atom is 2.00 e. The zero-order valence-electron chi connectivity index (χ0n) is 17.0. The Kier molecular flexibility index (Phi) is 5.99. The number of nitrogens with zero attached hydrogens (tertiary/aromatic N) is 2. The maximum atomic E-state index is 12.6. The smallest absolute Gasteiger partial charge is 0.851 e. The molecule has 0 N–H and O–H groups in total. The van der Waals surface area contributed by atoms with Crippen molar-refractivity contribution in [2.45, 2.75) is 65.6 Å². The monoisotopic (exact) mass is 416 g/mol. The molecule has 4 bridgehead atoms. The van der Waals surface area contributed by atoms with Crippen LogP contribution < -0.4 is 10.2 Å². The van der Waals surface area contributed by atoms with Crippen molar-refractivity contribution in [3.8, 4) is 0 Å². The van der Waals surface area contributed by atoms with E-state index in [1.54, 1.807) is 0 Å². The second-order valence-corrected chi connectivity index (χ2v) is 10.4. The SMILES string of the molecule is CC1(C)C2CCC1C(C=NCCN=CC1C([O-])C3CCC1C3(C)C)C2[O-].[Ni+2]. The van der Waals surface area contributed by atoms with Crippen LogP contribution in [0, 0.1) is 46.3 Å². The van der Waals surface area contributed by atoms with E-state index in [2.05, 4.69) is 37.7 Å². The molecule has 4 nitrogen and oxygen atoms in total. The Morgan fingerprint density at radius 1 is 0.704 bits per heavy atom. The summed E-state index contributed by atoms with van der Waals surface area (Å²) in [6.07, 6.45) is 7.47. The van der Waals surface area contributed by atoms with Crippen LogP contribution in [0.1, 0.15) is 53.4 Å². The van der Waals surface area contributed by atoms with Gasteiger partial charge >= 0.3 is 16.5 Å². The molecule has 8 atom stereocenters. The van der Waals surface area contributed by atoms with E-state index < -0.39 is 12.2 Å². The summed E-state index contributed by atoms with van der Waals surface area (Å²) in [4.78, 5) is 9.06. The average Bonchev–Trinajstić information content (AvgIpc) is 3.15. The van der Waals surface area contributed by atoms with E-state index in [0.717, 1.165) is 12.8 Å². The maximum absolute atomic E-state index is 12.6. The molecular weight excluding hydrogens is 383 g/mol. The molecule has 0 aromatic rings. The minimum absolute atomic E-state index is 0. The van der Waals surface area contributed by atoms with E-state index in [0.29, 0.717) is 36.8 Å². The molecule has 5 heteroatoms. The topological polar surface area (TPSA) is 70.8 Å². The molecule has 0 aromatic carbocycles. The molecule has 27 heavy (non-hydrogen) atoms. The van der Waals surface area contributed by atoms with Crippen molar-refractivity contribution in [2.75, 3.05) is 13.1 Å². The van der Waals surface area contributed by atoms with Crippen LogP contribution in [0.2, 0.25) is 0 Å². The Bertz CT molecular complexity index is 551. The fourth-order valence-corrected chi connectivity index (χ4v) is 7.19. The van der Waals surface area contributed by atoms with Gasteiger partial charge in [0.1, 0.15) is 0 Å². The Morgan fingerprint density at radius 3 is 1.33 bits per heavy atom. The minimum Gasteiger partial charge on any atom is -0.851 e. The fourth-order valence-electron chi connectivity index (χ4n) is 7.19. The Morgan fingerprint density at radius 2 is 1.04 bits per heavy atom. The first-order chi connectivity index (χ1) is 12.3. The minimum atomic E-state index is -0.478. The van der Waals surface area contributed by atoms with E-state index in [4.69, 9.17) is 0 Å². The molecule has 0 heterocycles. The van der Waals surface area contributed by atoms with Crippen LogP contribution in [0.3, 0.4) is 0 Å². The third-order valence-electron chi connectivity index (χ3n) is 8.79. The summed E-state index contributed by atoms with van der Waals surface area (Å²) in [5.74, 6) is 1.84. The first kappa shape index (κ1) is 21.5. The van der Waals surface area contributed by atoms with Crippen molar-refractivity contribution in [1.29, 1.82) is 0 Å². The molecule has 4 saturated carbocycles. The number of fused-ring (bicyclic) bond motifs is 4. The summed E-state index contributed by atoms with van der Waals surface area (Å²) >= 11 is 0. The van der Waals surface area contributed by atoms with Gasteiger partial charge in [0.25, 0.3) is 0 Å². The molecule has 0 aromatic heterocycles. The summed E-state index contributed by atoms with van der Waals surface area (Å²) in [6.45, 7) is 10.3.